The number of thioether (sulfide) groups is 1. The van der Waals surface area contributed by atoms with Gasteiger partial charge >= 0.3 is 0 Å². The second kappa shape index (κ2) is 8.95. The van der Waals surface area contributed by atoms with Gasteiger partial charge in [0.2, 0.25) is 5.91 Å². The van der Waals surface area contributed by atoms with Crippen molar-refractivity contribution in [1.82, 2.24) is 5.32 Å². The van der Waals surface area contributed by atoms with Crippen molar-refractivity contribution in [3.05, 3.63) is 75.8 Å². The molecule has 0 bridgehead atoms. The lowest BCUT2D eigenvalue weighted by Crippen LogP contribution is -2.27. The normalized spacial score (nSPS) is 10.3. The summed E-state index contributed by atoms with van der Waals surface area (Å²) in [5, 5.41) is 13.4. The number of benzene rings is 2. The lowest BCUT2D eigenvalue weighted by Gasteiger charge is -2.05. The fourth-order valence-corrected chi connectivity index (χ4v) is 2.83. The fraction of sp³-hybridized carbons (Fsp3) is 0.235. The molecular formula is C17H18N2O3S. The van der Waals surface area contributed by atoms with Gasteiger partial charge in [-0.25, -0.2) is 0 Å². The van der Waals surface area contributed by atoms with Gasteiger partial charge in [0, 0.05) is 30.2 Å². The number of nitrogens with zero attached hydrogens (tertiary/aromatic N) is 1. The average molecular weight is 330 g/mol. The Kier molecular flexibility index (Phi) is 6.62. The number of nitro benzene ring substituents is 1. The van der Waals surface area contributed by atoms with E-state index in [1.165, 1.54) is 17.7 Å². The van der Waals surface area contributed by atoms with Gasteiger partial charge in [-0.1, -0.05) is 42.5 Å². The maximum absolute atomic E-state index is 11.8. The molecule has 0 unspecified atom stereocenters. The summed E-state index contributed by atoms with van der Waals surface area (Å²) in [5.74, 6) is 1.71. The number of carbonyl (C=O) groups excluding carboxylic acids is 1. The molecule has 0 aliphatic rings. The highest BCUT2D eigenvalue weighted by Gasteiger charge is 2.07. The third kappa shape index (κ3) is 6.12. The van der Waals surface area contributed by atoms with Crippen molar-refractivity contribution in [3.8, 4) is 0 Å². The molecule has 120 valence electrons. The summed E-state index contributed by atoms with van der Waals surface area (Å²) in [4.78, 5) is 21.9. The molecule has 0 atom stereocenters. The van der Waals surface area contributed by atoms with Gasteiger partial charge in [-0.2, -0.15) is 11.8 Å². The number of nitro groups is 1. The maximum atomic E-state index is 11.8. The number of non-ortho nitro benzene ring substituents is 1. The molecule has 0 heterocycles. The molecule has 0 aromatic heterocycles. The monoisotopic (exact) mass is 330 g/mol. The van der Waals surface area contributed by atoms with Crippen molar-refractivity contribution >= 4 is 23.4 Å². The first-order chi connectivity index (χ1) is 11.1. The molecule has 23 heavy (non-hydrogen) atoms. The molecule has 0 fully saturated rings. The van der Waals surface area contributed by atoms with E-state index < -0.39 is 4.92 Å². The van der Waals surface area contributed by atoms with Gasteiger partial charge in [-0.3, -0.25) is 14.9 Å². The van der Waals surface area contributed by atoms with Gasteiger partial charge < -0.3 is 5.32 Å². The molecule has 5 nitrogen and oxygen atoms in total. The predicted molar refractivity (Wildman–Crippen MR) is 92.4 cm³/mol. The summed E-state index contributed by atoms with van der Waals surface area (Å²) in [6.45, 7) is 0.614. The second-order valence-corrected chi connectivity index (χ2v) is 6.09. The van der Waals surface area contributed by atoms with E-state index in [0.717, 1.165) is 17.1 Å². The number of hydrogen-bond acceptors (Lipinski definition) is 4. The summed E-state index contributed by atoms with van der Waals surface area (Å²) >= 11 is 1.77. The summed E-state index contributed by atoms with van der Waals surface area (Å²) in [7, 11) is 0. The molecule has 2 aromatic carbocycles. The van der Waals surface area contributed by atoms with Crippen molar-refractivity contribution < 1.29 is 9.72 Å². The highest BCUT2D eigenvalue weighted by atomic mass is 32.2. The van der Waals surface area contributed by atoms with Gasteiger partial charge in [0.05, 0.1) is 11.3 Å². The smallest absolute Gasteiger partial charge is 0.269 e. The van der Waals surface area contributed by atoms with E-state index in [2.05, 4.69) is 17.4 Å². The Hall–Kier alpha value is -2.34. The molecule has 1 N–H and O–H groups in total. The van der Waals surface area contributed by atoms with Crippen LogP contribution in [0.3, 0.4) is 0 Å². The zero-order valence-corrected chi connectivity index (χ0v) is 13.4. The minimum Gasteiger partial charge on any atom is -0.355 e. The van der Waals surface area contributed by atoms with Crippen molar-refractivity contribution in [1.29, 1.82) is 0 Å². The zero-order valence-electron chi connectivity index (χ0n) is 12.6. The second-order valence-electron chi connectivity index (χ2n) is 4.99. The average Bonchev–Trinajstić information content (AvgIpc) is 2.56. The van der Waals surface area contributed by atoms with Crippen molar-refractivity contribution in [2.45, 2.75) is 12.2 Å². The molecule has 2 aromatic rings. The summed E-state index contributed by atoms with van der Waals surface area (Å²) < 4.78 is 0. The summed E-state index contributed by atoms with van der Waals surface area (Å²) in [6.07, 6.45) is 0.237. The number of carbonyl (C=O) groups is 1. The summed E-state index contributed by atoms with van der Waals surface area (Å²) in [5.41, 5.74) is 2.08. The first-order valence-electron chi connectivity index (χ1n) is 7.27. The van der Waals surface area contributed by atoms with E-state index in [9.17, 15) is 14.9 Å². The van der Waals surface area contributed by atoms with Crippen molar-refractivity contribution in [2.75, 3.05) is 12.3 Å². The zero-order chi connectivity index (χ0) is 16.5. The minimum absolute atomic E-state index is 0.0338. The Morgan fingerprint density at radius 1 is 1.04 bits per heavy atom. The van der Waals surface area contributed by atoms with Crippen LogP contribution in [0.25, 0.3) is 0 Å². The molecule has 0 aliphatic heterocycles. The number of nitrogens with one attached hydrogen (secondary N) is 1. The molecule has 0 aliphatic carbocycles. The molecule has 6 heteroatoms. The van der Waals surface area contributed by atoms with Crippen LogP contribution in [-0.4, -0.2) is 23.1 Å². The Morgan fingerprint density at radius 3 is 2.39 bits per heavy atom. The van der Waals surface area contributed by atoms with Crippen LogP contribution >= 0.6 is 11.8 Å². The minimum atomic E-state index is -0.451. The number of amides is 1. The first-order valence-corrected chi connectivity index (χ1v) is 8.42. The highest BCUT2D eigenvalue weighted by molar-refractivity contribution is 7.98. The van der Waals surface area contributed by atoms with E-state index in [-0.39, 0.29) is 18.0 Å². The van der Waals surface area contributed by atoms with Crippen LogP contribution in [0.5, 0.6) is 0 Å². The maximum Gasteiger partial charge on any atom is 0.269 e. The van der Waals surface area contributed by atoms with Gasteiger partial charge in [0.25, 0.3) is 5.69 Å². The van der Waals surface area contributed by atoms with Crippen LogP contribution in [0.2, 0.25) is 0 Å². The molecule has 0 saturated carbocycles. The Labute approximate surface area is 139 Å². The molecular weight excluding hydrogens is 312 g/mol. The van der Waals surface area contributed by atoms with E-state index in [0.29, 0.717) is 6.54 Å². The largest absolute Gasteiger partial charge is 0.355 e. The van der Waals surface area contributed by atoms with Crippen LogP contribution in [-0.2, 0) is 17.0 Å². The van der Waals surface area contributed by atoms with E-state index >= 15 is 0 Å². The Balaban J connectivity index is 1.64. The predicted octanol–water partition coefficient (Wildman–Crippen LogP) is 3.19. The SMILES string of the molecule is O=C(Cc1ccc([N+](=O)[O-])cc1)NCCSCc1ccccc1. The molecule has 2 rings (SSSR count). The lowest BCUT2D eigenvalue weighted by atomic mass is 10.1. The van der Waals surface area contributed by atoms with Crippen LogP contribution in [0, 0.1) is 10.1 Å². The summed E-state index contributed by atoms with van der Waals surface area (Å²) in [6, 6.07) is 16.2. The molecule has 0 saturated heterocycles. The van der Waals surface area contributed by atoms with E-state index in [1.54, 1.807) is 23.9 Å². The van der Waals surface area contributed by atoms with Crippen LogP contribution in [0.1, 0.15) is 11.1 Å². The molecule has 0 spiro atoms. The van der Waals surface area contributed by atoms with Gasteiger partial charge in [0.1, 0.15) is 0 Å². The van der Waals surface area contributed by atoms with Gasteiger partial charge in [0.15, 0.2) is 0 Å². The number of hydrogen-bond donors (Lipinski definition) is 1. The fourth-order valence-electron chi connectivity index (χ4n) is 2.01. The standard InChI is InChI=1S/C17H18N2O3S/c20-17(12-14-6-8-16(9-7-14)19(21)22)18-10-11-23-13-15-4-2-1-3-5-15/h1-9H,10-13H2,(H,18,20). The van der Waals surface area contributed by atoms with Gasteiger partial charge in [-0.05, 0) is 11.1 Å². The van der Waals surface area contributed by atoms with Crippen LogP contribution < -0.4 is 5.32 Å². The van der Waals surface area contributed by atoms with Crippen molar-refractivity contribution in [2.24, 2.45) is 0 Å². The van der Waals surface area contributed by atoms with E-state index in [1.807, 2.05) is 18.2 Å². The highest BCUT2D eigenvalue weighted by Crippen LogP contribution is 2.12. The molecule has 1 amide bonds. The Bertz CT molecular complexity index is 645. The molecule has 0 radical (unpaired) electrons. The van der Waals surface area contributed by atoms with Crippen molar-refractivity contribution in [3.63, 3.8) is 0 Å². The topological polar surface area (TPSA) is 72.2 Å². The lowest BCUT2D eigenvalue weighted by molar-refractivity contribution is -0.384. The number of rotatable bonds is 8. The van der Waals surface area contributed by atoms with Crippen LogP contribution in [0.4, 0.5) is 5.69 Å². The quantitative estimate of drug-likeness (QED) is 0.458. The third-order valence-electron chi connectivity index (χ3n) is 3.19. The Morgan fingerprint density at radius 2 is 1.74 bits per heavy atom. The third-order valence-corrected chi connectivity index (χ3v) is 4.22. The van der Waals surface area contributed by atoms with Gasteiger partial charge in [-0.15, -0.1) is 0 Å². The van der Waals surface area contributed by atoms with E-state index in [4.69, 9.17) is 0 Å². The van der Waals surface area contributed by atoms with Crippen LogP contribution in [0.15, 0.2) is 54.6 Å². The first kappa shape index (κ1) is 17.0.